The average molecular weight is 262 g/mol. The third-order valence-electron chi connectivity index (χ3n) is 4.00. The van der Waals surface area contributed by atoms with Gasteiger partial charge in [0.05, 0.1) is 12.2 Å². The summed E-state index contributed by atoms with van der Waals surface area (Å²) >= 11 is 0. The zero-order chi connectivity index (χ0) is 14.0. The van der Waals surface area contributed by atoms with E-state index in [2.05, 4.69) is 45.0 Å². The van der Waals surface area contributed by atoms with Crippen LogP contribution in [0.2, 0.25) is 0 Å². The highest BCUT2D eigenvalue weighted by Crippen LogP contribution is 2.36. The second-order valence-electron chi connectivity index (χ2n) is 6.76. The Morgan fingerprint density at radius 3 is 2.21 bits per heavy atom. The summed E-state index contributed by atoms with van der Waals surface area (Å²) in [6, 6.07) is 8.59. The molecule has 1 aliphatic rings. The first-order chi connectivity index (χ1) is 8.91. The van der Waals surface area contributed by atoms with Gasteiger partial charge in [0.25, 0.3) is 0 Å². The van der Waals surface area contributed by atoms with Gasteiger partial charge < -0.3 is 9.84 Å². The molecule has 2 unspecified atom stereocenters. The van der Waals surface area contributed by atoms with Crippen molar-refractivity contribution in [3.63, 3.8) is 0 Å². The summed E-state index contributed by atoms with van der Waals surface area (Å²) in [4.78, 5) is 0. The van der Waals surface area contributed by atoms with Crippen molar-refractivity contribution >= 4 is 0 Å². The molecule has 2 heteroatoms. The van der Waals surface area contributed by atoms with Gasteiger partial charge in [0.15, 0.2) is 0 Å². The van der Waals surface area contributed by atoms with E-state index in [0.717, 1.165) is 0 Å². The van der Waals surface area contributed by atoms with E-state index in [1.807, 2.05) is 0 Å². The minimum absolute atomic E-state index is 0.00212. The summed E-state index contributed by atoms with van der Waals surface area (Å²) in [5, 5.41) is 10.3. The van der Waals surface area contributed by atoms with E-state index in [1.165, 1.54) is 24.0 Å². The third kappa shape index (κ3) is 3.80. The second kappa shape index (κ2) is 5.64. The Hall–Kier alpha value is -0.860. The number of benzene rings is 1. The monoisotopic (exact) mass is 262 g/mol. The Kier molecular flexibility index (Phi) is 4.32. The van der Waals surface area contributed by atoms with Crippen LogP contribution in [0.15, 0.2) is 24.3 Å². The highest BCUT2D eigenvalue weighted by atomic mass is 16.5. The molecule has 1 aromatic rings. The third-order valence-corrected chi connectivity index (χ3v) is 4.00. The van der Waals surface area contributed by atoms with Gasteiger partial charge in [-0.1, -0.05) is 45.0 Å². The van der Waals surface area contributed by atoms with Crippen molar-refractivity contribution in [1.82, 2.24) is 0 Å². The molecule has 1 saturated carbocycles. The highest BCUT2D eigenvalue weighted by Gasteiger charge is 2.35. The van der Waals surface area contributed by atoms with E-state index in [0.29, 0.717) is 12.3 Å². The standard InChI is InChI=1S/C17H26O2/c1-17(2,3)14-9-5-12(6-10-14)11-15(18)16(19-4)13-7-8-13/h5-6,9-10,13,15-16,18H,7-8,11H2,1-4H3. The van der Waals surface area contributed by atoms with E-state index < -0.39 is 6.10 Å². The molecule has 1 fully saturated rings. The average Bonchev–Trinajstić information content (AvgIpc) is 3.14. The van der Waals surface area contributed by atoms with Crippen molar-refractivity contribution in [2.24, 2.45) is 5.92 Å². The lowest BCUT2D eigenvalue weighted by Crippen LogP contribution is -2.31. The molecule has 0 spiro atoms. The van der Waals surface area contributed by atoms with Gasteiger partial charge in [-0.2, -0.15) is 0 Å². The molecule has 1 N–H and O–H groups in total. The van der Waals surface area contributed by atoms with Crippen LogP contribution in [0.4, 0.5) is 0 Å². The molecule has 0 aromatic heterocycles. The number of hydrogen-bond acceptors (Lipinski definition) is 2. The van der Waals surface area contributed by atoms with Gasteiger partial charge in [-0.05, 0) is 35.3 Å². The zero-order valence-electron chi connectivity index (χ0n) is 12.5. The molecule has 2 atom stereocenters. The number of ether oxygens (including phenoxy) is 1. The van der Waals surface area contributed by atoms with Gasteiger partial charge >= 0.3 is 0 Å². The molecule has 106 valence electrons. The maximum absolute atomic E-state index is 10.3. The normalized spacial score (nSPS) is 19.2. The van der Waals surface area contributed by atoms with E-state index >= 15 is 0 Å². The van der Waals surface area contributed by atoms with E-state index in [9.17, 15) is 5.11 Å². The smallest absolute Gasteiger partial charge is 0.0861 e. The molecule has 0 aliphatic heterocycles. The lowest BCUT2D eigenvalue weighted by molar-refractivity contribution is -0.0237. The topological polar surface area (TPSA) is 29.5 Å². The predicted octanol–water partition coefficient (Wildman–Crippen LogP) is 3.31. The fourth-order valence-electron chi connectivity index (χ4n) is 2.59. The Balaban J connectivity index is 1.99. The van der Waals surface area contributed by atoms with Gasteiger partial charge in [-0.25, -0.2) is 0 Å². The van der Waals surface area contributed by atoms with Crippen LogP contribution in [0.25, 0.3) is 0 Å². The van der Waals surface area contributed by atoms with Crippen LogP contribution in [-0.2, 0) is 16.6 Å². The maximum atomic E-state index is 10.3. The predicted molar refractivity (Wildman–Crippen MR) is 78.4 cm³/mol. The van der Waals surface area contributed by atoms with Crippen molar-refractivity contribution in [2.45, 2.75) is 57.7 Å². The van der Waals surface area contributed by atoms with Gasteiger partial charge in [-0.15, -0.1) is 0 Å². The van der Waals surface area contributed by atoms with Gasteiger partial charge in [-0.3, -0.25) is 0 Å². The van der Waals surface area contributed by atoms with E-state index in [4.69, 9.17) is 4.74 Å². The number of methoxy groups -OCH3 is 1. The minimum Gasteiger partial charge on any atom is -0.390 e. The summed E-state index contributed by atoms with van der Waals surface area (Å²) in [5.41, 5.74) is 2.69. The number of aliphatic hydroxyl groups excluding tert-OH is 1. The Morgan fingerprint density at radius 1 is 1.21 bits per heavy atom. The Morgan fingerprint density at radius 2 is 1.79 bits per heavy atom. The first-order valence-electron chi connectivity index (χ1n) is 7.22. The lowest BCUT2D eigenvalue weighted by atomic mass is 9.86. The first kappa shape index (κ1) is 14.5. The number of rotatable bonds is 5. The molecule has 0 radical (unpaired) electrons. The molecule has 2 rings (SSSR count). The molecule has 0 saturated heterocycles. The fourth-order valence-corrected chi connectivity index (χ4v) is 2.59. The van der Waals surface area contributed by atoms with E-state index in [1.54, 1.807) is 7.11 Å². The van der Waals surface area contributed by atoms with Gasteiger partial charge in [0, 0.05) is 13.5 Å². The molecular weight excluding hydrogens is 236 g/mol. The molecule has 0 amide bonds. The molecule has 1 aromatic carbocycles. The molecule has 19 heavy (non-hydrogen) atoms. The number of hydrogen-bond donors (Lipinski definition) is 1. The zero-order valence-corrected chi connectivity index (χ0v) is 12.5. The Bertz CT molecular complexity index is 398. The highest BCUT2D eigenvalue weighted by molar-refractivity contribution is 5.28. The first-order valence-corrected chi connectivity index (χ1v) is 7.22. The van der Waals surface area contributed by atoms with Crippen LogP contribution in [0, 0.1) is 5.92 Å². The van der Waals surface area contributed by atoms with Crippen LogP contribution >= 0.6 is 0 Å². The molecular formula is C17H26O2. The minimum atomic E-state index is -0.391. The van der Waals surface area contributed by atoms with Crippen molar-refractivity contribution in [2.75, 3.05) is 7.11 Å². The van der Waals surface area contributed by atoms with Crippen LogP contribution in [0.3, 0.4) is 0 Å². The van der Waals surface area contributed by atoms with Crippen LogP contribution in [0.5, 0.6) is 0 Å². The molecule has 0 heterocycles. The summed E-state index contributed by atoms with van der Waals surface area (Å²) in [6.07, 6.45) is 2.68. The Labute approximate surface area is 116 Å². The van der Waals surface area contributed by atoms with Gasteiger partial charge in [0.2, 0.25) is 0 Å². The summed E-state index contributed by atoms with van der Waals surface area (Å²) < 4.78 is 5.44. The van der Waals surface area contributed by atoms with Crippen molar-refractivity contribution in [3.05, 3.63) is 35.4 Å². The van der Waals surface area contributed by atoms with E-state index in [-0.39, 0.29) is 11.5 Å². The van der Waals surface area contributed by atoms with Crippen LogP contribution in [-0.4, -0.2) is 24.4 Å². The quantitative estimate of drug-likeness (QED) is 0.882. The maximum Gasteiger partial charge on any atom is 0.0861 e. The van der Waals surface area contributed by atoms with Gasteiger partial charge in [0.1, 0.15) is 0 Å². The summed E-state index contributed by atoms with van der Waals surface area (Å²) in [7, 11) is 1.70. The van der Waals surface area contributed by atoms with Crippen molar-refractivity contribution in [3.8, 4) is 0 Å². The molecule has 0 bridgehead atoms. The van der Waals surface area contributed by atoms with Crippen LogP contribution < -0.4 is 0 Å². The second-order valence-corrected chi connectivity index (χ2v) is 6.76. The van der Waals surface area contributed by atoms with Crippen molar-refractivity contribution < 1.29 is 9.84 Å². The van der Waals surface area contributed by atoms with Crippen molar-refractivity contribution in [1.29, 1.82) is 0 Å². The summed E-state index contributed by atoms with van der Waals surface area (Å²) in [5.74, 6) is 0.564. The number of aliphatic hydroxyl groups is 1. The fraction of sp³-hybridized carbons (Fsp3) is 0.647. The molecule has 1 aliphatic carbocycles. The summed E-state index contributed by atoms with van der Waals surface area (Å²) in [6.45, 7) is 6.64. The lowest BCUT2D eigenvalue weighted by Gasteiger charge is -2.22. The largest absolute Gasteiger partial charge is 0.390 e. The SMILES string of the molecule is COC(C(O)Cc1ccc(C(C)(C)C)cc1)C1CC1. The molecule has 2 nitrogen and oxygen atoms in total. The van der Waals surface area contributed by atoms with Crippen LogP contribution in [0.1, 0.15) is 44.7 Å².